The van der Waals surface area contributed by atoms with E-state index < -0.39 is 24.0 Å². The number of fused-ring (bicyclic) bond motifs is 1. The van der Waals surface area contributed by atoms with Crippen molar-refractivity contribution in [2.24, 2.45) is 5.92 Å². The Bertz CT molecular complexity index is 1260. The summed E-state index contributed by atoms with van der Waals surface area (Å²) in [5.74, 6) is -1.44. The molecule has 2 aliphatic rings. The predicted octanol–water partition coefficient (Wildman–Crippen LogP) is 6.34. The van der Waals surface area contributed by atoms with Gasteiger partial charge in [-0.15, -0.1) is 0 Å². The minimum atomic E-state index is -0.936. The summed E-state index contributed by atoms with van der Waals surface area (Å²) >= 11 is 12.2. The molecule has 174 valence electrons. The molecule has 3 aromatic carbocycles. The number of hydroxylamine groups is 1. The van der Waals surface area contributed by atoms with Crippen LogP contribution in [0.4, 0.5) is 11.4 Å². The fourth-order valence-corrected chi connectivity index (χ4v) is 4.90. The van der Waals surface area contributed by atoms with Crippen LogP contribution in [0.2, 0.25) is 10.0 Å². The summed E-state index contributed by atoms with van der Waals surface area (Å²) in [5.41, 5.74) is 3.25. The average Bonchev–Trinajstić information content (AvgIpc) is 3.32. The number of hydrogen-bond acceptors (Lipinski definition) is 4. The summed E-state index contributed by atoms with van der Waals surface area (Å²) in [4.78, 5) is 34.5. The molecular weight excluding hydrogens is 471 g/mol. The number of carbonyl (C=O) groups is 2. The molecular formula is C27H24Cl2N2O3. The number of benzene rings is 3. The molecule has 7 heteroatoms. The number of rotatable bonds is 3. The number of hydrogen-bond donors (Lipinski definition) is 0. The molecule has 0 radical (unpaired) electrons. The van der Waals surface area contributed by atoms with Gasteiger partial charge in [-0.1, -0.05) is 86.4 Å². The van der Waals surface area contributed by atoms with E-state index in [2.05, 4.69) is 32.9 Å². The van der Waals surface area contributed by atoms with Crippen LogP contribution >= 0.6 is 23.2 Å². The second-order valence-electron chi connectivity index (χ2n) is 9.64. The third-order valence-electron chi connectivity index (χ3n) is 6.41. The lowest BCUT2D eigenvalue weighted by Crippen LogP contribution is -2.37. The Kier molecular flexibility index (Phi) is 5.67. The van der Waals surface area contributed by atoms with E-state index in [-0.39, 0.29) is 16.3 Å². The molecule has 5 rings (SSSR count). The molecule has 3 atom stereocenters. The van der Waals surface area contributed by atoms with Crippen LogP contribution in [0.5, 0.6) is 0 Å². The van der Waals surface area contributed by atoms with Crippen molar-refractivity contribution in [3.05, 3.63) is 94.0 Å². The molecule has 5 nitrogen and oxygen atoms in total. The van der Waals surface area contributed by atoms with Gasteiger partial charge in [0.25, 0.3) is 5.91 Å². The Balaban J connectivity index is 1.57. The van der Waals surface area contributed by atoms with Crippen molar-refractivity contribution in [2.75, 3.05) is 9.96 Å². The van der Waals surface area contributed by atoms with Crippen molar-refractivity contribution in [3.63, 3.8) is 0 Å². The normalized spacial score (nSPS) is 22.4. The van der Waals surface area contributed by atoms with Crippen molar-refractivity contribution in [2.45, 2.75) is 38.3 Å². The lowest BCUT2D eigenvalue weighted by atomic mass is 9.84. The molecule has 0 aliphatic carbocycles. The molecule has 2 saturated heterocycles. The molecule has 0 bridgehead atoms. The van der Waals surface area contributed by atoms with Gasteiger partial charge in [-0.05, 0) is 46.9 Å². The number of carbonyl (C=O) groups excluding carboxylic acids is 2. The largest absolute Gasteiger partial charge is 0.273 e. The van der Waals surface area contributed by atoms with Crippen LogP contribution in [-0.2, 0) is 19.8 Å². The van der Waals surface area contributed by atoms with Crippen LogP contribution in [0, 0.1) is 5.92 Å². The van der Waals surface area contributed by atoms with E-state index in [4.69, 9.17) is 28.0 Å². The number of anilines is 2. The van der Waals surface area contributed by atoms with E-state index in [0.29, 0.717) is 10.7 Å². The van der Waals surface area contributed by atoms with Gasteiger partial charge < -0.3 is 0 Å². The Labute approximate surface area is 208 Å². The maximum atomic E-state index is 13.7. The molecule has 0 aromatic heterocycles. The van der Waals surface area contributed by atoms with Crippen LogP contribution in [0.1, 0.15) is 37.9 Å². The van der Waals surface area contributed by atoms with Gasteiger partial charge in [-0.2, -0.15) is 0 Å². The zero-order valence-electron chi connectivity index (χ0n) is 19.0. The van der Waals surface area contributed by atoms with Crippen molar-refractivity contribution in [1.82, 2.24) is 0 Å². The lowest BCUT2D eigenvalue weighted by Gasteiger charge is -2.29. The molecule has 2 amide bonds. The van der Waals surface area contributed by atoms with E-state index in [0.717, 1.165) is 16.2 Å². The van der Waals surface area contributed by atoms with E-state index in [1.807, 2.05) is 42.5 Å². The zero-order chi connectivity index (χ0) is 24.2. The topological polar surface area (TPSA) is 49.9 Å². The predicted molar refractivity (Wildman–Crippen MR) is 134 cm³/mol. The number of amides is 2. The van der Waals surface area contributed by atoms with Gasteiger partial charge in [0.05, 0.1) is 27.5 Å². The fraction of sp³-hybridized carbons (Fsp3) is 0.259. The SMILES string of the molecule is CC(C)(C)c1ccc([C@@H]2[C@@H]3C(=O)N(c4ccc(Cl)c(Cl)c4)C(=O)[C@H]3ON2c2ccccc2)cc1. The third-order valence-corrected chi connectivity index (χ3v) is 7.14. The molecule has 2 aliphatic heterocycles. The van der Waals surface area contributed by atoms with Crippen LogP contribution in [0.25, 0.3) is 0 Å². The first-order valence-electron chi connectivity index (χ1n) is 11.1. The highest BCUT2D eigenvalue weighted by atomic mass is 35.5. The maximum Gasteiger partial charge on any atom is 0.266 e. The first-order valence-corrected chi connectivity index (χ1v) is 11.9. The van der Waals surface area contributed by atoms with Gasteiger partial charge in [-0.3, -0.25) is 14.4 Å². The summed E-state index contributed by atoms with van der Waals surface area (Å²) in [6.45, 7) is 6.46. The van der Waals surface area contributed by atoms with Crippen LogP contribution in [0.15, 0.2) is 72.8 Å². The van der Waals surface area contributed by atoms with Gasteiger partial charge >= 0.3 is 0 Å². The van der Waals surface area contributed by atoms with E-state index in [1.165, 1.54) is 11.6 Å². The number of halogens is 2. The monoisotopic (exact) mass is 494 g/mol. The Morgan fingerprint density at radius 1 is 0.794 bits per heavy atom. The first kappa shape index (κ1) is 22.9. The molecule has 3 aromatic rings. The maximum absolute atomic E-state index is 13.7. The molecule has 0 saturated carbocycles. The third kappa shape index (κ3) is 3.78. The highest BCUT2D eigenvalue weighted by Crippen LogP contribution is 2.48. The van der Waals surface area contributed by atoms with Crippen LogP contribution in [0.3, 0.4) is 0 Å². The summed E-state index contributed by atoms with van der Waals surface area (Å²) in [7, 11) is 0. The second kappa shape index (κ2) is 8.42. The second-order valence-corrected chi connectivity index (χ2v) is 10.5. The molecule has 0 spiro atoms. The first-order chi connectivity index (χ1) is 16.2. The average molecular weight is 495 g/mol. The van der Waals surface area contributed by atoms with Crippen molar-refractivity contribution < 1.29 is 14.4 Å². The minimum absolute atomic E-state index is 0.00382. The summed E-state index contributed by atoms with van der Waals surface area (Å²) in [6.07, 6.45) is -0.936. The van der Waals surface area contributed by atoms with Gasteiger partial charge in [-0.25, -0.2) is 9.96 Å². The zero-order valence-corrected chi connectivity index (χ0v) is 20.5. The van der Waals surface area contributed by atoms with E-state index in [1.54, 1.807) is 17.2 Å². The number of nitrogens with zero attached hydrogens (tertiary/aromatic N) is 2. The highest BCUT2D eigenvalue weighted by Gasteiger charge is 2.60. The van der Waals surface area contributed by atoms with Gasteiger partial charge in [0.15, 0.2) is 6.10 Å². The summed E-state index contributed by atoms with van der Waals surface area (Å²) in [5, 5.41) is 2.33. The highest BCUT2D eigenvalue weighted by molar-refractivity contribution is 6.42. The van der Waals surface area contributed by atoms with E-state index >= 15 is 0 Å². The van der Waals surface area contributed by atoms with Crippen LogP contribution in [-0.4, -0.2) is 17.9 Å². The Hall–Kier alpha value is -2.86. The molecule has 0 unspecified atom stereocenters. The van der Waals surface area contributed by atoms with Crippen molar-refractivity contribution >= 4 is 46.4 Å². The Morgan fingerprint density at radius 3 is 2.09 bits per heavy atom. The molecule has 0 N–H and O–H groups in total. The molecule has 2 fully saturated rings. The quantitative estimate of drug-likeness (QED) is 0.398. The lowest BCUT2D eigenvalue weighted by molar-refractivity contribution is -0.126. The van der Waals surface area contributed by atoms with Gasteiger partial charge in [0.1, 0.15) is 5.92 Å². The minimum Gasteiger partial charge on any atom is -0.273 e. The standard InChI is InChI=1S/C27H24Cl2N2O3/c1-27(2,3)17-11-9-16(10-12-17)23-22-24(34-31(23)18-7-5-4-6-8-18)26(33)30(25(22)32)19-13-14-20(28)21(29)15-19/h4-15,22-24H,1-3H3/t22-,23+,24-/m0/s1. The molecule has 34 heavy (non-hydrogen) atoms. The van der Waals surface area contributed by atoms with E-state index in [9.17, 15) is 9.59 Å². The van der Waals surface area contributed by atoms with Gasteiger partial charge in [0, 0.05) is 0 Å². The van der Waals surface area contributed by atoms with Crippen molar-refractivity contribution in [1.29, 1.82) is 0 Å². The number of para-hydroxylation sites is 1. The van der Waals surface area contributed by atoms with Crippen LogP contribution < -0.4 is 9.96 Å². The molecule has 2 heterocycles. The Morgan fingerprint density at radius 2 is 1.47 bits per heavy atom. The summed E-state index contributed by atoms with van der Waals surface area (Å²) in [6, 6.07) is 22.0. The summed E-state index contributed by atoms with van der Waals surface area (Å²) < 4.78 is 0. The fourth-order valence-electron chi connectivity index (χ4n) is 4.61. The smallest absolute Gasteiger partial charge is 0.266 e. The number of imide groups is 1. The van der Waals surface area contributed by atoms with Crippen molar-refractivity contribution in [3.8, 4) is 0 Å². The van der Waals surface area contributed by atoms with Gasteiger partial charge in [0.2, 0.25) is 5.91 Å².